The number of hydrogen-bond donors (Lipinski definition) is 0. The van der Waals surface area contributed by atoms with Gasteiger partial charge in [0.15, 0.2) is 0 Å². The molecule has 2 aliphatic heterocycles. The summed E-state index contributed by atoms with van der Waals surface area (Å²) in [4.78, 5) is 53.7. The van der Waals surface area contributed by atoms with Gasteiger partial charge in [0, 0.05) is 24.7 Å². The zero-order chi connectivity index (χ0) is 24.0. The van der Waals surface area contributed by atoms with Crippen molar-refractivity contribution in [1.82, 2.24) is 0 Å². The van der Waals surface area contributed by atoms with Crippen molar-refractivity contribution in [3.63, 3.8) is 0 Å². The largest absolute Gasteiger partial charge is 0.426 e. The van der Waals surface area contributed by atoms with Gasteiger partial charge in [-0.2, -0.15) is 0 Å². The average Bonchev–Trinajstić information content (AvgIpc) is 3.32. The predicted molar refractivity (Wildman–Crippen MR) is 121 cm³/mol. The van der Waals surface area contributed by atoms with Gasteiger partial charge in [0.25, 0.3) is 0 Å². The molecular formula is C26H23FN2O5. The average molecular weight is 462 g/mol. The molecule has 34 heavy (non-hydrogen) atoms. The molecule has 8 heteroatoms. The number of amides is 3. The summed E-state index contributed by atoms with van der Waals surface area (Å²) in [5, 5.41) is 0. The lowest BCUT2D eigenvalue weighted by molar-refractivity contribution is -0.139. The molecule has 0 aromatic heterocycles. The summed E-state index contributed by atoms with van der Waals surface area (Å²) in [6.45, 7) is 2.09. The van der Waals surface area contributed by atoms with Crippen LogP contribution in [0.5, 0.6) is 5.75 Å². The van der Waals surface area contributed by atoms with E-state index in [2.05, 4.69) is 0 Å². The van der Waals surface area contributed by atoms with Gasteiger partial charge in [-0.3, -0.25) is 19.2 Å². The number of ether oxygens (including phenoxy) is 1. The summed E-state index contributed by atoms with van der Waals surface area (Å²) in [6, 6.07) is 11.8. The molecule has 7 nitrogen and oxygen atoms in total. The lowest BCUT2D eigenvalue weighted by Gasteiger charge is -2.18. The molecule has 174 valence electrons. The van der Waals surface area contributed by atoms with Crippen LogP contribution in [0.2, 0.25) is 0 Å². The number of carbonyl (C=O) groups excluding carboxylic acids is 4. The van der Waals surface area contributed by atoms with E-state index in [0.29, 0.717) is 24.2 Å². The Balaban J connectivity index is 1.29. The summed E-state index contributed by atoms with van der Waals surface area (Å²) in [6.07, 6.45) is 3.11. The third-order valence-corrected chi connectivity index (χ3v) is 6.71. The van der Waals surface area contributed by atoms with Crippen LogP contribution in [-0.4, -0.2) is 30.2 Å². The van der Waals surface area contributed by atoms with E-state index in [4.69, 9.17) is 4.74 Å². The minimum atomic E-state index is -0.687. The minimum absolute atomic E-state index is 0.0191. The molecule has 0 N–H and O–H groups in total. The van der Waals surface area contributed by atoms with Crippen molar-refractivity contribution in [2.24, 2.45) is 17.8 Å². The maximum absolute atomic E-state index is 13.2. The fourth-order valence-electron chi connectivity index (χ4n) is 4.91. The van der Waals surface area contributed by atoms with Crippen LogP contribution < -0.4 is 14.5 Å². The van der Waals surface area contributed by atoms with Gasteiger partial charge in [0.2, 0.25) is 17.7 Å². The number of fused-ring (bicyclic) bond motifs is 1. The second-order valence-corrected chi connectivity index (χ2v) is 9.02. The van der Waals surface area contributed by atoms with Gasteiger partial charge in [0.05, 0.1) is 23.4 Å². The summed E-state index contributed by atoms with van der Waals surface area (Å²) in [7, 11) is 0. The molecule has 2 fully saturated rings. The highest BCUT2D eigenvalue weighted by atomic mass is 19.1. The van der Waals surface area contributed by atoms with Crippen LogP contribution in [0.3, 0.4) is 0 Å². The highest BCUT2D eigenvalue weighted by Crippen LogP contribution is 2.40. The fraction of sp³-hybridized carbons (Fsp3) is 0.308. The Morgan fingerprint density at radius 1 is 0.971 bits per heavy atom. The van der Waals surface area contributed by atoms with E-state index in [9.17, 15) is 23.6 Å². The topological polar surface area (TPSA) is 84.0 Å². The number of benzene rings is 2. The Hall–Kier alpha value is -3.81. The fourth-order valence-corrected chi connectivity index (χ4v) is 4.91. The zero-order valence-corrected chi connectivity index (χ0v) is 18.6. The SMILES string of the molecule is CC1=CC[C@@H]2C(=O)N(c3cccc(OC(=O)[C@H]4CC(=O)N(c5ccc(F)cc5)C4)c3)C(=O)[C@@H]2C1. The number of esters is 1. The summed E-state index contributed by atoms with van der Waals surface area (Å²) in [5.74, 6) is -2.92. The van der Waals surface area contributed by atoms with Gasteiger partial charge >= 0.3 is 5.97 Å². The van der Waals surface area contributed by atoms with E-state index in [0.717, 1.165) is 5.57 Å². The van der Waals surface area contributed by atoms with Crippen LogP contribution in [0.15, 0.2) is 60.2 Å². The molecule has 0 bridgehead atoms. The Bertz CT molecular complexity index is 1220. The molecule has 3 aliphatic rings. The van der Waals surface area contributed by atoms with E-state index in [1.54, 1.807) is 18.2 Å². The summed E-state index contributed by atoms with van der Waals surface area (Å²) in [5.41, 5.74) is 1.98. The van der Waals surface area contributed by atoms with E-state index in [-0.39, 0.29) is 48.3 Å². The number of hydrogen-bond acceptors (Lipinski definition) is 5. The maximum Gasteiger partial charge on any atom is 0.316 e. The van der Waals surface area contributed by atoms with Crippen molar-refractivity contribution in [2.45, 2.75) is 26.2 Å². The molecule has 0 unspecified atom stereocenters. The Morgan fingerprint density at radius 2 is 1.71 bits per heavy atom. The van der Waals surface area contributed by atoms with Crippen molar-refractivity contribution in [3.8, 4) is 5.75 Å². The zero-order valence-electron chi connectivity index (χ0n) is 18.6. The van der Waals surface area contributed by atoms with Gasteiger partial charge in [0.1, 0.15) is 11.6 Å². The van der Waals surface area contributed by atoms with E-state index < -0.39 is 17.7 Å². The van der Waals surface area contributed by atoms with Crippen molar-refractivity contribution < 1.29 is 28.3 Å². The number of halogens is 1. The minimum Gasteiger partial charge on any atom is -0.426 e. The molecule has 0 saturated carbocycles. The summed E-state index contributed by atoms with van der Waals surface area (Å²) < 4.78 is 18.7. The Kier molecular flexibility index (Phi) is 5.51. The van der Waals surface area contributed by atoms with E-state index >= 15 is 0 Å². The van der Waals surface area contributed by atoms with Gasteiger partial charge in [-0.25, -0.2) is 9.29 Å². The van der Waals surface area contributed by atoms with Gasteiger partial charge in [-0.05, 0) is 56.2 Å². The Morgan fingerprint density at radius 3 is 2.47 bits per heavy atom. The lowest BCUT2D eigenvalue weighted by Crippen LogP contribution is -2.31. The second-order valence-electron chi connectivity index (χ2n) is 9.02. The molecule has 3 atom stereocenters. The molecule has 5 rings (SSSR count). The first kappa shape index (κ1) is 22.0. The maximum atomic E-state index is 13.2. The number of nitrogens with zero attached hydrogens (tertiary/aromatic N) is 2. The molecule has 1 aliphatic carbocycles. The molecule has 2 saturated heterocycles. The van der Waals surface area contributed by atoms with Crippen molar-refractivity contribution in [2.75, 3.05) is 16.3 Å². The molecule has 2 aromatic rings. The van der Waals surface area contributed by atoms with Crippen molar-refractivity contribution >= 4 is 35.1 Å². The van der Waals surface area contributed by atoms with Crippen molar-refractivity contribution in [1.29, 1.82) is 0 Å². The Labute approximate surface area is 195 Å². The highest BCUT2D eigenvalue weighted by molar-refractivity contribution is 6.22. The smallest absolute Gasteiger partial charge is 0.316 e. The number of carbonyl (C=O) groups is 4. The first-order chi connectivity index (χ1) is 16.3. The summed E-state index contributed by atoms with van der Waals surface area (Å²) >= 11 is 0. The quantitative estimate of drug-likeness (QED) is 0.300. The molecule has 2 heterocycles. The molecular weight excluding hydrogens is 439 g/mol. The van der Waals surface area contributed by atoms with Crippen LogP contribution in [-0.2, 0) is 19.2 Å². The molecule has 3 amide bonds. The molecule has 2 aromatic carbocycles. The number of imide groups is 1. The van der Waals surface area contributed by atoms with E-state index in [1.165, 1.54) is 40.1 Å². The third-order valence-electron chi connectivity index (χ3n) is 6.71. The highest BCUT2D eigenvalue weighted by Gasteiger charge is 2.48. The first-order valence-corrected chi connectivity index (χ1v) is 11.2. The first-order valence-electron chi connectivity index (χ1n) is 11.2. The number of anilines is 2. The second kappa shape index (κ2) is 8.52. The van der Waals surface area contributed by atoms with Crippen LogP contribution in [0, 0.1) is 23.6 Å². The third kappa shape index (κ3) is 3.89. The lowest BCUT2D eigenvalue weighted by atomic mass is 9.82. The van der Waals surface area contributed by atoms with Gasteiger partial charge < -0.3 is 9.64 Å². The van der Waals surface area contributed by atoms with Gasteiger partial charge in [-0.15, -0.1) is 0 Å². The number of allylic oxidation sites excluding steroid dienone is 2. The van der Waals surface area contributed by atoms with E-state index in [1.807, 2.05) is 13.0 Å². The van der Waals surface area contributed by atoms with Gasteiger partial charge in [-0.1, -0.05) is 17.7 Å². The van der Waals surface area contributed by atoms with Crippen LogP contribution in [0.25, 0.3) is 0 Å². The standard InChI is InChI=1S/C26H23FN2O5/c1-15-5-10-21-22(11-15)25(32)29(24(21)31)19-3-2-4-20(13-19)34-26(33)16-12-23(30)28(14-16)18-8-6-17(27)7-9-18/h2-9,13,16,21-22H,10-12,14H2,1H3/t16-,21-,22+/m0/s1. The van der Waals surface area contributed by atoms with Crippen LogP contribution in [0.1, 0.15) is 26.2 Å². The molecule has 0 radical (unpaired) electrons. The normalized spacial score (nSPS) is 24.4. The number of rotatable bonds is 4. The predicted octanol–water partition coefficient (Wildman–Crippen LogP) is 3.63. The van der Waals surface area contributed by atoms with Crippen LogP contribution >= 0.6 is 0 Å². The van der Waals surface area contributed by atoms with Crippen molar-refractivity contribution in [3.05, 3.63) is 66.0 Å². The van der Waals surface area contributed by atoms with Crippen LogP contribution in [0.4, 0.5) is 15.8 Å². The molecule has 0 spiro atoms. The monoisotopic (exact) mass is 462 g/mol.